The molecule has 0 bridgehead atoms. The van der Waals surface area contributed by atoms with Gasteiger partial charge in [-0.25, -0.2) is 19.3 Å². The number of carboxylic acid groups (broad SMARTS) is 2. The maximum absolute atomic E-state index is 11.2. The number of rotatable bonds is 2. The van der Waals surface area contributed by atoms with Crippen molar-refractivity contribution >= 4 is 34.1 Å². The predicted octanol–water partition coefficient (Wildman–Crippen LogP) is 3.34. The van der Waals surface area contributed by atoms with Crippen molar-refractivity contribution in [1.29, 1.82) is 0 Å². The van der Waals surface area contributed by atoms with Gasteiger partial charge in [0.1, 0.15) is 0 Å². The van der Waals surface area contributed by atoms with Crippen LogP contribution in [0.25, 0.3) is 20.5 Å². The molecular weight excluding hydrogens is 260 g/mol. The molecule has 6 nitrogen and oxygen atoms in total. The van der Waals surface area contributed by atoms with Gasteiger partial charge in [0, 0.05) is 0 Å². The van der Waals surface area contributed by atoms with Gasteiger partial charge < -0.3 is 10.2 Å². The fourth-order valence-corrected chi connectivity index (χ4v) is 1.99. The van der Waals surface area contributed by atoms with Crippen LogP contribution in [0.5, 0.6) is 0 Å². The monoisotopic (exact) mass is 266 g/mol. The van der Waals surface area contributed by atoms with Gasteiger partial charge in [0.25, 0.3) is 0 Å². The van der Waals surface area contributed by atoms with Crippen LogP contribution < -0.4 is 0 Å². The number of fused-ring (bicyclic) bond motifs is 1. The molecule has 0 aromatic heterocycles. The molecule has 2 rings (SSSR count). The molecule has 2 aromatic rings. The Morgan fingerprint density at radius 1 is 1.00 bits per heavy atom. The van der Waals surface area contributed by atoms with E-state index in [1.807, 2.05) is 0 Å². The van der Waals surface area contributed by atoms with E-state index in [4.69, 9.17) is 23.4 Å². The first-order valence-electron chi connectivity index (χ1n) is 5.32. The maximum atomic E-state index is 11.2. The normalized spacial score (nSPS) is 9.70. The summed E-state index contributed by atoms with van der Waals surface area (Å²) in [7, 11) is 0. The van der Waals surface area contributed by atoms with E-state index in [1.165, 1.54) is 18.2 Å². The van der Waals surface area contributed by atoms with E-state index in [9.17, 15) is 9.59 Å². The molecule has 0 aliphatic rings. The molecule has 0 radical (unpaired) electrons. The highest BCUT2D eigenvalue weighted by Crippen LogP contribution is 2.37. The van der Waals surface area contributed by atoms with E-state index in [0.717, 1.165) is 6.07 Å². The third-order valence-corrected chi connectivity index (χ3v) is 2.81. The minimum Gasteiger partial charge on any atom is -0.479 e. The van der Waals surface area contributed by atoms with Gasteiger partial charge in [-0.1, -0.05) is 24.3 Å². The van der Waals surface area contributed by atoms with Gasteiger partial charge in [0.05, 0.1) is 24.3 Å². The van der Waals surface area contributed by atoms with Gasteiger partial charge in [-0.05, 0) is 10.8 Å². The third kappa shape index (κ3) is 1.82. The lowest BCUT2D eigenvalue weighted by Crippen LogP contribution is -2.08. The van der Waals surface area contributed by atoms with Crippen LogP contribution in [0.2, 0.25) is 0 Å². The Hall–Kier alpha value is -3.38. The van der Waals surface area contributed by atoms with Gasteiger partial charge in [-0.2, -0.15) is 0 Å². The van der Waals surface area contributed by atoms with Crippen LogP contribution in [-0.2, 0) is 0 Å². The first kappa shape index (κ1) is 13.1. The van der Waals surface area contributed by atoms with E-state index in [2.05, 4.69) is 9.69 Å². The first-order valence-corrected chi connectivity index (χ1v) is 5.32. The standard InChI is InChI=1S/C14H6N2O4/c1-15-10-5-3-4-7-8(10)6-9(13(17)18)11(14(19)20)12(7)16-2/h3-6H,(H,17,18)(H,19,20). The summed E-state index contributed by atoms with van der Waals surface area (Å²) < 4.78 is 0. The molecule has 0 aliphatic heterocycles. The Kier molecular flexibility index (Phi) is 3.08. The van der Waals surface area contributed by atoms with Crippen LogP contribution in [0.1, 0.15) is 20.7 Å². The van der Waals surface area contributed by atoms with Crippen LogP contribution in [-0.4, -0.2) is 22.2 Å². The highest BCUT2D eigenvalue weighted by molar-refractivity contribution is 6.16. The lowest BCUT2D eigenvalue weighted by Gasteiger charge is -2.09. The molecule has 0 amide bonds. The Morgan fingerprint density at radius 3 is 2.20 bits per heavy atom. The summed E-state index contributed by atoms with van der Waals surface area (Å²) in [5, 5.41) is 18.8. The van der Waals surface area contributed by atoms with E-state index in [1.54, 1.807) is 0 Å². The number of benzene rings is 2. The molecule has 96 valence electrons. The number of hydrogen-bond donors (Lipinski definition) is 2. The quantitative estimate of drug-likeness (QED) is 0.816. The summed E-state index contributed by atoms with van der Waals surface area (Å²) in [6, 6.07) is 5.63. The van der Waals surface area contributed by atoms with Crippen LogP contribution in [0.15, 0.2) is 24.3 Å². The topological polar surface area (TPSA) is 83.3 Å². The van der Waals surface area contributed by atoms with Gasteiger partial charge in [-0.3, -0.25) is 0 Å². The molecule has 6 heteroatoms. The molecule has 0 heterocycles. The highest BCUT2D eigenvalue weighted by Gasteiger charge is 2.23. The van der Waals surface area contributed by atoms with Gasteiger partial charge >= 0.3 is 11.9 Å². The minimum atomic E-state index is -1.48. The van der Waals surface area contributed by atoms with Crippen molar-refractivity contribution in [2.24, 2.45) is 0 Å². The van der Waals surface area contributed by atoms with Crippen molar-refractivity contribution in [2.45, 2.75) is 0 Å². The van der Waals surface area contributed by atoms with Crippen molar-refractivity contribution < 1.29 is 19.8 Å². The Bertz CT molecular complexity index is 841. The van der Waals surface area contributed by atoms with Gasteiger partial charge in [0.15, 0.2) is 5.69 Å². The van der Waals surface area contributed by atoms with E-state index >= 15 is 0 Å². The number of hydrogen-bond acceptors (Lipinski definition) is 2. The summed E-state index contributed by atoms with van der Waals surface area (Å²) >= 11 is 0. The van der Waals surface area contributed by atoms with Crippen molar-refractivity contribution in [3.05, 3.63) is 58.2 Å². The predicted molar refractivity (Wildman–Crippen MR) is 70.4 cm³/mol. The average Bonchev–Trinajstić information content (AvgIpc) is 2.43. The zero-order valence-corrected chi connectivity index (χ0v) is 9.91. The number of nitrogens with zero attached hydrogens (tertiary/aromatic N) is 2. The van der Waals surface area contributed by atoms with E-state index < -0.39 is 23.1 Å². The molecular formula is C14H6N2O4. The van der Waals surface area contributed by atoms with Crippen LogP contribution >= 0.6 is 0 Å². The molecule has 0 spiro atoms. The number of carboxylic acids is 2. The van der Waals surface area contributed by atoms with Crippen LogP contribution in [0.4, 0.5) is 11.4 Å². The lowest BCUT2D eigenvalue weighted by atomic mass is 9.97. The Labute approximate surface area is 113 Å². The maximum Gasteiger partial charge on any atom is 0.335 e. The average molecular weight is 266 g/mol. The van der Waals surface area contributed by atoms with Gasteiger partial charge in [-0.15, -0.1) is 0 Å². The molecule has 0 fully saturated rings. The van der Waals surface area contributed by atoms with Crippen molar-refractivity contribution in [3.8, 4) is 0 Å². The van der Waals surface area contributed by atoms with Crippen LogP contribution in [0.3, 0.4) is 0 Å². The molecule has 0 saturated heterocycles. The van der Waals surface area contributed by atoms with Crippen molar-refractivity contribution in [3.63, 3.8) is 0 Å². The highest BCUT2D eigenvalue weighted by atomic mass is 16.4. The SMILES string of the molecule is [C-]#[N+]c1cccc2c([N+]#[C-])c(C(=O)O)c(C(=O)O)cc12. The van der Waals surface area contributed by atoms with E-state index in [0.29, 0.717) is 0 Å². The molecule has 0 saturated carbocycles. The molecule has 0 aliphatic carbocycles. The zero-order valence-electron chi connectivity index (χ0n) is 9.91. The zero-order chi connectivity index (χ0) is 14.9. The van der Waals surface area contributed by atoms with Gasteiger partial charge in [0.2, 0.25) is 5.69 Å². The summed E-state index contributed by atoms with van der Waals surface area (Å²) in [6.45, 7) is 14.2. The molecule has 0 atom stereocenters. The van der Waals surface area contributed by atoms with Crippen LogP contribution in [0, 0.1) is 13.1 Å². The fourth-order valence-electron chi connectivity index (χ4n) is 1.99. The second-order valence-electron chi connectivity index (χ2n) is 3.85. The number of aromatic carboxylic acids is 2. The fraction of sp³-hybridized carbons (Fsp3) is 0. The molecule has 2 aromatic carbocycles. The summed E-state index contributed by atoms with van der Waals surface area (Å²) in [5.41, 5.74) is -1.14. The summed E-state index contributed by atoms with van der Waals surface area (Å²) in [4.78, 5) is 28.8. The first-order chi connectivity index (χ1) is 9.51. The number of carbonyl (C=O) groups is 2. The second-order valence-corrected chi connectivity index (χ2v) is 3.85. The second kappa shape index (κ2) is 4.71. The summed E-state index contributed by atoms with van der Waals surface area (Å²) in [5.74, 6) is -2.93. The minimum absolute atomic E-state index is 0.173. The molecule has 2 N–H and O–H groups in total. The van der Waals surface area contributed by atoms with E-state index in [-0.39, 0.29) is 22.1 Å². The smallest absolute Gasteiger partial charge is 0.335 e. The third-order valence-electron chi connectivity index (χ3n) is 2.81. The van der Waals surface area contributed by atoms with Crippen molar-refractivity contribution in [2.75, 3.05) is 0 Å². The molecule has 20 heavy (non-hydrogen) atoms. The Balaban J connectivity index is 3.11. The van der Waals surface area contributed by atoms with Crippen molar-refractivity contribution in [1.82, 2.24) is 0 Å². The lowest BCUT2D eigenvalue weighted by molar-refractivity contribution is 0.0653. The Morgan fingerprint density at radius 2 is 1.70 bits per heavy atom. The largest absolute Gasteiger partial charge is 0.479 e. The summed E-state index contributed by atoms with van der Waals surface area (Å²) in [6.07, 6.45) is 0. The molecule has 0 unspecified atom stereocenters.